The minimum absolute atomic E-state index is 0.259. The van der Waals surface area contributed by atoms with Gasteiger partial charge in [-0.15, -0.1) is 0 Å². The van der Waals surface area contributed by atoms with Crippen LogP contribution in [0.3, 0.4) is 0 Å². The Kier molecular flexibility index (Phi) is 3.53. The zero-order valence-electron chi connectivity index (χ0n) is 7.97. The van der Waals surface area contributed by atoms with Crippen LogP contribution in [0.5, 0.6) is 0 Å². The SMILES string of the molecule is CN(C)C(=O)C1CCCNCC1. The predicted octanol–water partition coefficient (Wildman–Crippen LogP) is 0.464. The van der Waals surface area contributed by atoms with Gasteiger partial charge >= 0.3 is 0 Å². The van der Waals surface area contributed by atoms with Crippen molar-refractivity contribution in [2.45, 2.75) is 19.3 Å². The Morgan fingerprint density at radius 2 is 2.08 bits per heavy atom. The van der Waals surface area contributed by atoms with Crippen LogP contribution in [-0.4, -0.2) is 38.0 Å². The van der Waals surface area contributed by atoms with Crippen LogP contribution in [0.15, 0.2) is 0 Å². The van der Waals surface area contributed by atoms with E-state index in [1.54, 1.807) is 4.90 Å². The second-order valence-electron chi connectivity index (χ2n) is 3.61. The van der Waals surface area contributed by atoms with Crippen LogP contribution in [0.1, 0.15) is 19.3 Å². The van der Waals surface area contributed by atoms with Crippen LogP contribution in [0.25, 0.3) is 0 Å². The van der Waals surface area contributed by atoms with Gasteiger partial charge in [-0.25, -0.2) is 0 Å². The molecule has 1 heterocycles. The maximum Gasteiger partial charge on any atom is 0.225 e. The van der Waals surface area contributed by atoms with E-state index in [1.807, 2.05) is 14.1 Å². The molecule has 0 aromatic carbocycles. The molecule has 1 N–H and O–H groups in total. The molecule has 12 heavy (non-hydrogen) atoms. The molecular formula is C9H18N2O. The highest BCUT2D eigenvalue weighted by molar-refractivity contribution is 5.78. The number of amides is 1. The Bertz CT molecular complexity index is 149. The average molecular weight is 170 g/mol. The van der Waals surface area contributed by atoms with Gasteiger partial charge in [-0.3, -0.25) is 4.79 Å². The smallest absolute Gasteiger partial charge is 0.225 e. The van der Waals surface area contributed by atoms with E-state index in [2.05, 4.69) is 5.32 Å². The fourth-order valence-electron chi connectivity index (χ4n) is 1.63. The third-order valence-corrected chi connectivity index (χ3v) is 2.37. The van der Waals surface area contributed by atoms with E-state index >= 15 is 0 Å². The third-order valence-electron chi connectivity index (χ3n) is 2.37. The van der Waals surface area contributed by atoms with Gasteiger partial charge in [-0.2, -0.15) is 0 Å². The van der Waals surface area contributed by atoms with Crippen molar-refractivity contribution in [1.29, 1.82) is 0 Å². The van der Waals surface area contributed by atoms with Crippen LogP contribution in [-0.2, 0) is 4.79 Å². The molecule has 3 nitrogen and oxygen atoms in total. The van der Waals surface area contributed by atoms with E-state index in [-0.39, 0.29) is 5.92 Å². The summed E-state index contributed by atoms with van der Waals surface area (Å²) in [5.41, 5.74) is 0. The summed E-state index contributed by atoms with van der Waals surface area (Å²) < 4.78 is 0. The molecule has 3 heteroatoms. The first-order valence-electron chi connectivity index (χ1n) is 4.63. The molecule has 0 spiro atoms. The molecule has 0 aromatic rings. The quantitative estimate of drug-likeness (QED) is 0.620. The second kappa shape index (κ2) is 4.45. The molecule has 0 aliphatic carbocycles. The van der Waals surface area contributed by atoms with Gasteiger partial charge in [0.2, 0.25) is 5.91 Å². The van der Waals surface area contributed by atoms with Crippen molar-refractivity contribution in [2.24, 2.45) is 5.92 Å². The van der Waals surface area contributed by atoms with Crippen LogP contribution in [0, 0.1) is 5.92 Å². The number of hydrogen-bond donors (Lipinski definition) is 1. The first-order valence-corrected chi connectivity index (χ1v) is 4.63. The van der Waals surface area contributed by atoms with Gasteiger partial charge in [0.05, 0.1) is 0 Å². The number of carbonyl (C=O) groups excluding carboxylic acids is 1. The van der Waals surface area contributed by atoms with Crippen molar-refractivity contribution in [2.75, 3.05) is 27.2 Å². The summed E-state index contributed by atoms with van der Waals surface area (Å²) in [4.78, 5) is 13.3. The highest BCUT2D eigenvalue weighted by atomic mass is 16.2. The molecule has 1 fully saturated rings. The first-order chi connectivity index (χ1) is 5.72. The van der Waals surface area contributed by atoms with Gasteiger partial charge in [0.15, 0.2) is 0 Å². The van der Waals surface area contributed by atoms with Crippen molar-refractivity contribution in [3.8, 4) is 0 Å². The molecular weight excluding hydrogens is 152 g/mol. The van der Waals surface area contributed by atoms with Crippen molar-refractivity contribution in [1.82, 2.24) is 10.2 Å². The number of nitrogens with one attached hydrogen (secondary N) is 1. The summed E-state index contributed by atoms with van der Waals surface area (Å²) in [6.07, 6.45) is 3.17. The van der Waals surface area contributed by atoms with E-state index in [1.165, 1.54) is 0 Å². The highest BCUT2D eigenvalue weighted by Gasteiger charge is 2.20. The van der Waals surface area contributed by atoms with Gasteiger partial charge in [-0.1, -0.05) is 0 Å². The Hall–Kier alpha value is -0.570. The zero-order chi connectivity index (χ0) is 8.97. The van der Waals surface area contributed by atoms with Gasteiger partial charge in [-0.05, 0) is 32.4 Å². The van der Waals surface area contributed by atoms with E-state index in [4.69, 9.17) is 0 Å². The molecule has 1 rings (SSSR count). The molecule has 1 aliphatic heterocycles. The molecule has 1 saturated heterocycles. The van der Waals surface area contributed by atoms with E-state index in [0.717, 1.165) is 32.4 Å². The number of carbonyl (C=O) groups is 1. The van der Waals surface area contributed by atoms with Gasteiger partial charge in [0.1, 0.15) is 0 Å². The lowest BCUT2D eigenvalue weighted by molar-refractivity contribution is -0.133. The number of rotatable bonds is 1. The number of hydrogen-bond acceptors (Lipinski definition) is 2. The minimum Gasteiger partial charge on any atom is -0.349 e. The summed E-state index contributed by atoms with van der Waals surface area (Å²) in [7, 11) is 3.67. The molecule has 70 valence electrons. The third kappa shape index (κ3) is 2.48. The zero-order valence-corrected chi connectivity index (χ0v) is 7.97. The molecule has 0 radical (unpaired) electrons. The van der Waals surface area contributed by atoms with Gasteiger partial charge < -0.3 is 10.2 Å². The molecule has 0 aromatic heterocycles. The normalized spacial score (nSPS) is 24.7. The topological polar surface area (TPSA) is 32.3 Å². The maximum atomic E-state index is 11.5. The summed E-state index contributed by atoms with van der Waals surface area (Å²) in [6.45, 7) is 2.06. The van der Waals surface area contributed by atoms with Crippen molar-refractivity contribution >= 4 is 5.91 Å². The van der Waals surface area contributed by atoms with Crippen molar-refractivity contribution in [3.05, 3.63) is 0 Å². The lowest BCUT2D eigenvalue weighted by Gasteiger charge is -2.18. The van der Waals surface area contributed by atoms with Crippen LogP contribution in [0.4, 0.5) is 0 Å². The van der Waals surface area contributed by atoms with E-state index < -0.39 is 0 Å². The molecule has 0 saturated carbocycles. The van der Waals surface area contributed by atoms with Crippen LogP contribution >= 0.6 is 0 Å². The number of nitrogens with zero attached hydrogens (tertiary/aromatic N) is 1. The summed E-state index contributed by atoms with van der Waals surface area (Å²) in [6, 6.07) is 0. The Morgan fingerprint density at radius 1 is 1.33 bits per heavy atom. The second-order valence-corrected chi connectivity index (χ2v) is 3.61. The van der Waals surface area contributed by atoms with Crippen LogP contribution in [0.2, 0.25) is 0 Å². The summed E-state index contributed by atoms with van der Waals surface area (Å²) in [5.74, 6) is 0.550. The van der Waals surface area contributed by atoms with Crippen molar-refractivity contribution < 1.29 is 4.79 Å². The largest absolute Gasteiger partial charge is 0.349 e. The highest BCUT2D eigenvalue weighted by Crippen LogP contribution is 2.15. The molecule has 0 bridgehead atoms. The first kappa shape index (κ1) is 9.52. The fourth-order valence-corrected chi connectivity index (χ4v) is 1.63. The molecule has 1 aliphatic rings. The molecule has 1 unspecified atom stereocenters. The summed E-state index contributed by atoms with van der Waals surface area (Å²) >= 11 is 0. The lowest BCUT2D eigenvalue weighted by Crippen LogP contribution is -2.30. The fraction of sp³-hybridized carbons (Fsp3) is 0.889. The maximum absolute atomic E-state index is 11.5. The van der Waals surface area contributed by atoms with Crippen LogP contribution < -0.4 is 5.32 Å². The standard InChI is InChI=1S/C9H18N2O/c1-11(2)9(12)8-4-3-6-10-7-5-8/h8,10H,3-7H2,1-2H3. The Balaban J connectivity index is 2.43. The lowest BCUT2D eigenvalue weighted by atomic mass is 9.99. The van der Waals surface area contributed by atoms with E-state index in [9.17, 15) is 4.79 Å². The van der Waals surface area contributed by atoms with Gasteiger partial charge in [0.25, 0.3) is 0 Å². The van der Waals surface area contributed by atoms with Gasteiger partial charge in [0, 0.05) is 20.0 Å². The molecule has 1 amide bonds. The molecule has 1 atom stereocenters. The Morgan fingerprint density at radius 3 is 2.75 bits per heavy atom. The summed E-state index contributed by atoms with van der Waals surface area (Å²) in [5, 5.41) is 3.30. The van der Waals surface area contributed by atoms with E-state index in [0.29, 0.717) is 5.91 Å². The average Bonchev–Trinajstić information content (AvgIpc) is 2.30. The monoisotopic (exact) mass is 170 g/mol. The van der Waals surface area contributed by atoms with Crippen molar-refractivity contribution in [3.63, 3.8) is 0 Å². The predicted molar refractivity (Wildman–Crippen MR) is 48.9 cm³/mol. The minimum atomic E-state index is 0.259. The Labute approximate surface area is 74.1 Å².